The van der Waals surface area contributed by atoms with Crippen molar-refractivity contribution in [3.05, 3.63) is 21.8 Å². The average molecular weight is 507 g/mol. The predicted octanol–water partition coefficient (Wildman–Crippen LogP) is 7.03. The fourth-order valence-electron chi connectivity index (χ4n) is 3.06. The van der Waals surface area contributed by atoms with Gasteiger partial charge in [-0.25, -0.2) is 0 Å². The number of hydrogen-bond donors (Lipinski definition) is 0. The van der Waals surface area contributed by atoms with Crippen LogP contribution in [0.2, 0.25) is 18.1 Å². The Balaban J connectivity index is 3.05. The van der Waals surface area contributed by atoms with Crippen molar-refractivity contribution < 1.29 is 14.0 Å². The highest BCUT2D eigenvalue weighted by molar-refractivity contribution is 14.1. The molecule has 0 spiro atoms. The van der Waals surface area contributed by atoms with Crippen LogP contribution in [0.15, 0.2) is 21.8 Å². The van der Waals surface area contributed by atoms with Crippen LogP contribution in [-0.4, -0.2) is 26.5 Å². The third-order valence-electron chi connectivity index (χ3n) is 5.98. The maximum atomic E-state index is 12.8. The van der Waals surface area contributed by atoms with Crippen molar-refractivity contribution in [2.75, 3.05) is 0 Å². The number of ether oxygens (including phenoxy) is 1. The molecule has 0 fully saturated rings. The highest BCUT2D eigenvalue weighted by atomic mass is 127. The van der Waals surface area contributed by atoms with E-state index in [0.29, 0.717) is 12.3 Å². The summed E-state index contributed by atoms with van der Waals surface area (Å²) < 4.78 is 14.5. The second-order valence-electron chi connectivity index (χ2n) is 9.67. The normalized spacial score (nSPS) is 30.9. The van der Waals surface area contributed by atoms with E-state index in [0.717, 1.165) is 24.8 Å². The van der Waals surface area contributed by atoms with E-state index in [2.05, 4.69) is 82.5 Å². The van der Waals surface area contributed by atoms with Crippen molar-refractivity contribution in [3.8, 4) is 0 Å². The molecule has 1 aliphatic heterocycles. The molecule has 0 aliphatic carbocycles. The largest absolute Gasteiger partial charge is 0.457 e. The van der Waals surface area contributed by atoms with Gasteiger partial charge in [0.05, 0.1) is 12.5 Å². The molecule has 0 unspecified atom stereocenters. The number of cyclic esters (lactones) is 1. The summed E-state index contributed by atoms with van der Waals surface area (Å²) in [6.45, 7) is 17.7. The Labute approximate surface area is 181 Å². The first-order chi connectivity index (χ1) is 12.4. The molecule has 0 aromatic heterocycles. The fourth-order valence-corrected chi connectivity index (χ4v) is 4.81. The number of carbonyl (C=O) groups is 1. The molecule has 156 valence electrons. The molecule has 0 radical (unpaired) electrons. The van der Waals surface area contributed by atoms with Crippen molar-refractivity contribution in [2.45, 2.75) is 97.6 Å². The van der Waals surface area contributed by atoms with E-state index in [1.165, 1.54) is 0 Å². The first kappa shape index (κ1) is 24.9. The summed E-state index contributed by atoms with van der Waals surface area (Å²) in [6.07, 6.45) is 7.59. The number of halogens is 1. The Morgan fingerprint density at radius 3 is 2.48 bits per heavy atom. The number of allylic oxidation sites excluding steroid dienone is 1. The lowest BCUT2D eigenvalue weighted by Crippen LogP contribution is -2.44. The van der Waals surface area contributed by atoms with Crippen molar-refractivity contribution in [3.63, 3.8) is 0 Å². The maximum absolute atomic E-state index is 12.8. The Bertz CT molecular complexity index is 548. The summed E-state index contributed by atoms with van der Waals surface area (Å²) in [5.74, 6) is 0.621. The van der Waals surface area contributed by atoms with Gasteiger partial charge in [-0.15, -0.1) is 0 Å². The zero-order chi connectivity index (χ0) is 20.8. The van der Waals surface area contributed by atoms with Crippen molar-refractivity contribution in [2.24, 2.45) is 11.8 Å². The van der Waals surface area contributed by atoms with Crippen molar-refractivity contribution in [1.82, 2.24) is 0 Å². The molecule has 5 heteroatoms. The molecule has 0 aromatic rings. The predicted molar refractivity (Wildman–Crippen MR) is 126 cm³/mol. The zero-order valence-electron chi connectivity index (χ0n) is 18.5. The number of esters is 1. The van der Waals surface area contributed by atoms with Crippen molar-refractivity contribution >= 4 is 36.9 Å². The minimum absolute atomic E-state index is 0.0518. The van der Waals surface area contributed by atoms with Gasteiger partial charge in [0.2, 0.25) is 0 Å². The van der Waals surface area contributed by atoms with Crippen LogP contribution < -0.4 is 0 Å². The molecule has 4 atom stereocenters. The molecule has 0 saturated carbocycles. The molecule has 1 aliphatic rings. The summed E-state index contributed by atoms with van der Waals surface area (Å²) >= 11 is 2.22. The topological polar surface area (TPSA) is 35.5 Å². The molecule has 0 amide bonds. The molecule has 1 rings (SSSR count). The van der Waals surface area contributed by atoms with Gasteiger partial charge in [0, 0.05) is 5.92 Å². The van der Waals surface area contributed by atoms with Crippen LogP contribution in [0.1, 0.15) is 67.2 Å². The van der Waals surface area contributed by atoms with Crippen LogP contribution in [0.3, 0.4) is 0 Å². The first-order valence-electron chi connectivity index (χ1n) is 10.2. The van der Waals surface area contributed by atoms with Crippen LogP contribution in [0.5, 0.6) is 0 Å². The summed E-state index contributed by atoms with van der Waals surface area (Å²) in [5, 5.41) is 0.131. The van der Waals surface area contributed by atoms with E-state index < -0.39 is 8.32 Å². The Morgan fingerprint density at radius 2 is 1.93 bits per heavy atom. The van der Waals surface area contributed by atoms with E-state index in [-0.39, 0.29) is 29.1 Å². The van der Waals surface area contributed by atoms with E-state index in [4.69, 9.17) is 9.16 Å². The Morgan fingerprint density at radius 1 is 1.30 bits per heavy atom. The molecular formula is C22H39IO3Si. The van der Waals surface area contributed by atoms with Crippen LogP contribution >= 0.6 is 22.6 Å². The number of carbonyl (C=O) groups excluding carboxylic acids is 1. The van der Waals surface area contributed by atoms with Gasteiger partial charge in [0.1, 0.15) is 6.10 Å². The van der Waals surface area contributed by atoms with E-state index in [9.17, 15) is 4.79 Å². The lowest BCUT2D eigenvalue weighted by atomic mass is 9.94. The Kier molecular flexibility index (Phi) is 9.76. The van der Waals surface area contributed by atoms with Gasteiger partial charge in [0.25, 0.3) is 0 Å². The van der Waals surface area contributed by atoms with Gasteiger partial charge < -0.3 is 9.16 Å². The standard InChI is InChI=1S/C22H39IO3Si/c1-16-10-9-11-17(2)21(18(3)15-23)25-20(24)14-19(13-12-16)26-27(7,8)22(4,5)6/h9,11,15-17,19,21H,10,12-14H2,1-8H3/b11-9+,18-15+/t16-,17+,19-,21+/m1/s1. The molecule has 0 saturated heterocycles. The van der Waals surface area contributed by atoms with Gasteiger partial charge in [-0.1, -0.05) is 69.4 Å². The van der Waals surface area contributed by atoms with E-state index >= 15 is 0 Å². The second kappa shape index (κ2) is 10.6. The quantitative estimate of drug-likeness (QED) is 0.178. The number of rotatable bonds is 3. The summed E-state index contributed by atoms with van der Waals surface area (Å²) in [4.78, 5) is 12.8. The molecular weight excluding hydrogens is 467 g/mol. The minimum atomic E-state index is -1.93. The minimum Gasteiger partial charge on any atom is -0.457 e. The second-order valence-corrected chi connectivity index (χ2v) is 15.1. The molecule has 1 heterocycles. The Hall–Kier alpha value is -0.143. The van der Waals surface area contributed by atoms with E-state index in [1.807, 2.05) is 11.0 Å². The third-order valence-corrected chi connectivity index (χ3v) is 11.5. The molecule has 0 aromatic carbocycles. The summed E-state index contributed by atoms with van der Waals surface area (Å²) in [6, 6.07) is 0. The monoisotopic (exact) mass is 506 g/mol. The third kappa shape index (κ3) is 8.01. The van der Waals surface area contributed by atoms with Gasteiger partial charge in [-0.05, 0) is 59.9 Å². The lowest BCUT2D eigenvalue weighted by molar-refractivity contribution is -0.150. The molecule has 0 N–H and O–H groups in total. The highest BCUT2D eigenvalue weighted by Gasteiger charge is 2.39. The van der Waals surface area contributed by atoms with Gasteiger partial charge in [0.15, 0.2) is 8.32 Å². The van der Waals surface area contributed by atoms with Crippen molar-refractivity contribution in [1.29, 1.82) is 0 Å². The average Bonchev–Trinajstić information content (AvgIpc) is 2.54. The SMILES string of the molecule is C/C(=C\I)[C@H]1OC(=O)C[C@H](O[Si](C)(C)C(C)(C)C)CC[C@H](C)C/C=C/[C@@H]1C. The maximum Gasteiger partial charge on any atom is 0.308 e. The molecule has 0 bridgehead atoms. The van der Waals surface area contributed by atoms with Gasteiger partial charge in [-0.2, -0.15) is 0 Å². The van der Waals surface area contributed by atoms with Crippen LogP contribution in [0.25, 0.3) is 0 Å². The van der Waals surface area contributed by atoms with E-state index in [1.54, 1.807) is 0 Å². The number of hydrogen-bond acceptors (Lipinski definition) is 3. The van der Waals surface area contributed by atoms with Crippen LogP contribution in [0, 0.1) is 11.8 Å². The summed E-state index contributed by atoms with van der Waals surface area (Å²) in [7, 11) is -1.93. The fraction of sp³-hybridized carbons (Fsp3) is 0.773. The van der Waals surface area contributed by atoms with Crippen LogP contribution in [-0.2, 0) is 14.0 Å². The lowest BCUT2D eigenvalue weighted by Gasteiger charge is -2.39. The van der Waals surface area contributed by atoms with Gasteiger partial charge in [-0.3, -0.25) is 4.79 Å². The molecule has 3 nitrogen and oxygen atoms in total. The van der Waals surface area contributed by atoms with Gasteiger partial charge >= 0.3 is 5.97 Å². The summed E-state index contributed by atoms with van der Waals surface area (Å²) in [5.41, 5.74) is 1.09. The first-order valence-corrected chi connectivity index (χ1v) is 14.3. The zero-order valence-corrected chi connectivity index (χ0v) is 21.6. The smallest absolute Gasteiger partial charge is 0.308 e. The van der Waals surface area contributed by atoms with Crippen LogP contribution in [0.4, 0.5) is 0 Å². The highest BCUT2D eigenvalue weighted by Crippen LogP contribution is 2.38. The molecule has 27 heavy (non-hydrogen) atoms.